The van der Waals surface area contributed by atoms with Crippen molar-refractivity contribution >= 4 is 5.97 Å². The van der Waals surface area contributed by atoms with Crippen molar-refractivity contribution in [1.29, 1.82) is 0 Å². The molecule has 1 aromatic heterocycles. The summed E-state index contributed by atoms with van der Waals surface area (Å²) in [5, 5.41) is 18.6. The van der Waals surface area contributed by atoms with Gasteiger partial charge >= 0.3 is 5.97 Å². The first-order chi connectivity index (χ1) is 8.91. The fraction of sp³-hybridized carbons (Fsp3) is 0.0833. The second kappa shape index (κ2) is 4.77. The topological polar surface area (TPSA) is 70.7 Å². The molecule has 2 rings (SSSR count). The van der Waals surface area contributed by atoms with Gasteiger partial charge in [-0.3, -0.25) is 0 Å². The van der Waals surface area contributed by atoms with E-state index in [4.69, 9.17) is 9.52 Å². The summed E-state index contributed by atoms with van der Waals surface area (Å²) in [5.74, 6) is -5.84. The third kappa shape index (κ3) is 2.32. The molecule has 7 heteroatoms. The highest BCUT2D eigenvalue weighted by Gasteiger charge is 2.25. The Morgan fingerprint density at radius 2 is 1.79 bits per heavy atom. The molecule has 0 fully saturated rings. The van der Waals surface area contributed by atoms with Gasteiger partial charge in [-0.15, -0.1) is 0 Å². The van der Waals surface area contributed by atoms with Crippen LogP contribution in [0.2, 0.25) is 0 Å². The first-order valence-corrected chi connectivity index (χ1v) is 5.05. The predicted molar refractivity (Wildman–Crippen MR) is 56.0 cm³/mol. The van der Waals surface area contributed by atoms with Crippen LogP contribution in [0, 0.1) is 17.5 Å². The van der Waals surface area contributed by atoms with E-state index in [9.17, 15) is 23.1 Å². The highest BCUT2D eigenvalue weighted by Crippen LogP contribution is 2.29. The van der Waals surface area contributed by atoms with E-state index in [1.165, 1.54) is 0 Å². The van der Waals surface area contributed by atoms with E-state index in [2.05, 4.69) is 0 Å². The molecule has 0 bridgehead atoms. The molecule has 0 aliphatic rings. The van der Waals surface area contributed by atoms with Crippen molar-refractivity contribution in [2.24, 2.45) is 0 Å². The van der Waals surface area contributed by atoms with Crippen LogP contribution in [0.25, 0.3) is 0 Å². The van der Waals surface area contributed by atoms with Crippen LogP contribution in [0.5, 0.6) is 0 Å². The lowest BCUT2D eigenvalue weighted by atomic mass is 10.0. The average Bonchev–Trinajstić information content (AvgIpc) is 2.82. The van der Waals surface area contributed by atoms with Crippen molar-refractivity contribution in [3.63, 3.8) is 0 Å². The summed E-state index contributed by atoms with van der Waals surface area (Å²) in [6.45, 7) is 0. The summed E-state index contributed by atoms with van der Waals surface area (Å²) in [6.07, 6.45) is -0.865. The summed E-state index contributed by atoms with van der Waals surface area (Å²) in [6, 6.07) is 1.76. The number of aliphatic hydroxyl groups is 1. The second-order valence-electron chi connectivity index (χ2n) is 3.69. The van der Waals surface area contributed by atoms with E-state index in [1.807, 2.05) is 0 Å². The number of aromatic carboxylic acids is 1. The van der Waals surface area contributed by atoms with Gasteiger partial charge in [-0.1, -0.05) is 0 Å². The molecule has 0 saturated heterocycles. The molecule has 2 N–H and O–H groups in total. The maximum atomic E-state index is 13.4. The van der Waals surface area contributed by atoms with Crippen LogP contribution in [0.15, 0.2) is 28.9 Å². The van der Waals surface area contributed by atoms with Gasteiger partial charge in [0.15, 0.2) is 17.4 Å². The molecule has 1 aromatic carbocycles. The smallest absolute Gasteiger partial charge is 0.339 e. The van der Waals surface area contributed by atoms with Crippen LogP contribution in [-0.2, 0) is 0 Å². The second-order valence-corrected chi connectivity index (χ2v) is 3.69. The molecule has 1 heterocycles. The molecule has 0 aliphatic heterocycles. The number of hydrogen-bond acceptors (Lipinski definition) is 3. The van der Waals surface area contributed by atoms with Crippen molar-refractivity contribution < 1.29 is 32.6 Å². The van der Waals surface area contributed by atoms with E-state index in [0.29, 0.717) is 6.07 Å². The molecule has 0 spiro atoms. The molecule has 100 valence electrons. The number of rotatable bonds is 3. The Bertz CT molecular complexity index is 636. The highest BCUT2D eigenvalue weighted by atomic mass is 19.2. The Balaban J connectivity index is 2.50. The van der Waals surface area contributed by atoms with Crippen molar-refractivity contribution in [3.8, 4) is 0 Å². The van der Waals surface area contributed by atoms with E-state index in [-0.39, 0.29) is 6.07 Å². The molecular weight excluding hydrogens is 265 g/mol. The van der Waals surface area contributed by atoms with Crippen LogP contribution < -0.4 is 0 Å². The van der Waals surface area contributed by atoms with Gasteiger partial charge in [0, 0.05) is 11.6 Å². The van der Waals surface area contributed by atoms with E-state index < -0.39 is 46.4 Å². The van der Waals surface area contributed by atoms with Crippen molar-refractivity contribution in [2.75, 3.05) is 0 Å². The molecule has 2 aromatic rings. The zero-order valence-corrected chi connectivity index (χ0v) is 9.23. The van der Waals surface area contributed by atoms with Gasteiger partial charge in [-0.2, -0.15) is 0 Å². The fourth-order valence-corrected chi connectivity index (χ4v) is 1.60. The summed E-state index contributed by atoms with van der Waals surface area (Å²) in [4.78, 5) is 10.8. The number of hydrogen-bond donors (Lipinski definition) is 2. The lowest BCUT2D eigenvalue weighted by molar-refractivity contribution is 0.0687. The zero-order chi connectivity index (χ0) is 14.2. The molecule has 0 amide bonds. The first kappa shape index (κ1) is 13.2. The molecule has 0 radical (unpaired) electrons. The quantitative estimate of drug-likeness (QED) is 0.842. The van der Waals surface area contributed by atoms with E-state index in [1.54, 1.807) is 0 Å². The summed E-state index contributed by atoms with van der Waals surface area (Å²) >= 11 is 0. The van der Waals surface area contributed by atoms with Crippen LogP contribution in [-0.4, -0.2) is 16.2 Å². The van der Waals surface area contributed by atoms with E-state index >= 15 is 0 Å². The maximum absolute atomic E-state index is 13.4. The van der Waals surface area contributed by atoms with E-state index in [0.717, 1.165) is 12.3 Å². The van der Waals surface area contributed by atoms with Crippen molar-refractivity contribution in [3.05, 3.63) is 58.8 Å². The number of halogens is 3. The van der Waals surface area contributed by atoms with Crippen molar-refractivity contribution in [1.82, 2.24) is 0 Å². The Labute approximate surface area is 104 Å². The molecule has 0 aliphatic carbocycles. The van der Waals surface area contributed by atoms with Gasteiger partial charge in [0.2, 0.25) is 0 Å². The van der Waals surface area contributed by atoms with Gasteiger partial charge in [-0.25, -0.2) is 18.0 Å². The van der Waals surface area contributed by atoms with Gasteiger partial charge in [0.25, 0.3) is 0 Å². The summed E-state index contributed by atoms with van der Waals surface area (Å²) in [5.41, 5.74) is -1.01. The Morgan fingerprint density at radius 1 is 1.16 bits per heavy atom. The maximum Gasteiger partial charge on any atom is 0.339 e. The third-order valence-electron chi connectivity index (χ3n) is 2.51. The van der Waals surface area contributed by atoms with Gasteiger partial charge < -0.3 is 14.6 Å². The first-order valence-electron chi connectivity index (χ1n) is 5.05. The molecule has 1 unspecified atom stereocenters. The minimum Gasteiger partial charge on any atom is -0.478 e. The fourth-order valence-electron chi connectivity index (χ4n) is 1.60. The molecule has 4 nitrogen and oxygen atoms in total. The SMILES string of the molecule is O=C(O)c1ccoc1C(O)c1cc(F)c(F)cc1F. The summed E-state index contributed by atoms with van der Waals surface area (Å²) < 4.78 is 44.0. The number of benzene rings is 1. The minimum atomic E-state index is -1.85. The minimum absolute atomic E-state index is 0.261. The normalized spacial score (nSPS) is 12.4. The Morgan fingerprint density at radius 3 is 2.42 bits per heavy atom. The zero-order valence-electron chi connectivity index (χ0n) is 9.23. The summed E-state index contributed by atoms with van der Waals surface area (Å²) in [7, 11) is 0. The molecule has 1 atom stereocenters. The number of carbonyl (C=O) groups is 1. The Hall–Kier alpha value is -2.28. The highest BCUT2D eigenvalue weighted by molar-refractivity contribution is 5.88. The molecule has 0 saturated carbocycles. The lowest BCUT2D eigenvalue weighted by Crippen LogP contribution is -2.08. The Kier molecular flexibility index (Phi) is 3.30. The van der Waals surface area contributed by atoms with Crippen LogP contribution in [0.4, 0.5) is 13.2 Å². The molecule has 19 heavy (non-hydrogen) atoms. The lowest BCUT2D eigenvalue weighted by Gasteiger charge is -2.11. The monoisotopic (exact) mass is 272 g/mol. The van der Waals surface area contributed by atoms with Crippen molar-refractivity contribution in [2.45, 2.75) is 6.10 Å². The van der Waals surface area contributed by atoms with Crippen LogP contribution in [0.1, 0.15) is 27.8 Å². The predicted octanol–water partition coefficient (Wildman–Crippen LogP) is 2.48. The van der Waals surface area contributed by atoms with Crippen LogP contribution >= 0.6 is 0 Å². The standard InChI is InChI=1S/C12H7F3O4/c13-7-4-9(15)8(14)3-6(7)10(16)11-5(12(17)18)1-2-19-11/h1-4,10,16H,(H,17,18). The van der Waals surface area contributed by atoms with Gasteiger partial charge in [0.05, 0.1) is 6.26 Å². The number of carboxylic acids is 1. The number of aliphatic hydroxyl groups excluding tert-OH is 1. The number of carboxylic acid groups (broad SMARTS) is 1. The largest absolute Gasteiger partial charge is 0.478 e. The third-order valence-corrected chi connectivity index (χ3v) is 2.51. The molecular formula is C12H7F3O4. The average molecular weight is 272 g/mol. The van der Waals surface area contributed by atoms with Crippen LogP contribution in [0.3, 0.4) is 0 Å². The van der Waals surface area contributed by atoms with Gasteiger partial charge in [0.1, 0.15) is 17.5 Å². The number of furan rings is 1. The van der Waals surface area contributed by atoms with Gasteiger partial charge in [-0.05, 0) is 12.1 Å².